The molecule has 2 aromatic rings. The van der Waals surface area contributed by atoms with Gasteiger partial charge < -0.3 is 5.32 Å². The lowest BCUT2D eigenvalue weighted by Gasteiger charge is -2.08. The monoisotopic (exact) mass is 294 g/mol. The molecule has 1 amide bonds. The smallest absolute Gasteiger partial charge is 0.246 e. The first kappa shape index (κ1) is 11.8. The summed E-state index contributed by atoms with van der Waals surface area (Å²) < 4.78 is 2.47. The number of benzene rings is 1. The van der Waals surface area contributed by atoms with E-state index in [2.05, 4.69) is 31.3 Å². The molecule has 0 bridgehead atoms. The molecule has 0 aliphatic carbocycles. The average Bonchev–Trinajstić information content (AvgIpc) is 2.75. The molecule has 0 fully saturated rings. The summed E-state index contributed by atoms with van der Waals surface area (Å²) in [5, 5.41) is 6.70. The second kappa shape index (κ2) is 5.09. The van der Waals surface area contributed by atoms with E-state index in [1.54, 1.807) is 0 Å². The number of nitrogens with one attached hydrogen (secondary N) is 1. The summed E-state index contributed by atoms with van der Waals surface area (Å²) in [5.74, 6) is -0.124. The third-order valence-corrected chi connectivity index (χ3v) is 2.73. The summed E-state index contributed by atoms with van der Waals surface area (Å²) >= 11 is 3.38. The second-order valence-corrected chi connectivity index (χ2v) is 4.52. The molecule has 0 saturated carbocycles. The molecule has 17 heavy (non-hydrogen) atoms. The van der Waals surface area contributed by atoms with Crippen molar-refractivity contribution in [2.45, 2.75) is 13.5 Å². The summed E-state index contributed by atoms with van der Waals surface area (Å²) in [6, 6.07) is 5.70. The van der Waals surface area contributed by atoms with Crippen molar-refractivity contribution in [1.29, 1.82) is 0 Å². The lowest BCUT2D eigenvalue weighted by atomic mass is 10.2. The molecule has 0 atom stereocenters. The minimum Gasteiger partial charge on any atom is -0.324 e. The summed E-state index contributed by atoms with van der Waals surface area (Å²) in [4.78, 5) is 15.5. The predicted octanol–water partition coefficient (Wildman–Crippen LogP) is 1.99. The normalized spacial score (nSPS) is 10.2. The molecule has 6 heteroatoms. The van der Waals surface area contributed by atoms with Crippen LogP contribution in [-0.4, -0.2) is 20.7 Å². The van der Waals surface area contributed by atoms with Crippen LogP contribution >= 0.6 is 15.9 Å². The Balaban J connectivity index is 2.03. The Labute approximate surface area is 107 Å². The predicted molar refractivity (Wildman–Crippen MR) is 67.5 cm³/mol. The summed E-state index contributed by atoms with van der Waals surface area (Å²) in [7, 11) is 0. The molecule has 0 aliphatic heterocycles. The number of anilines is 1. The molecule has 5 nitrogen and oxygen atoms in total. The third-order valence-electron chi connectivity index (χ3n) is 2.23. The molecule has 0 saturated heterocycles. The first-order valence-electron chi connectivity index (χ1n) is 5.03. The maximum atomic E-state index is 11.7. The number of amides is 1. The first-order valence-corrected chi connectivity index (χ1v) is 5.83. The van der Waals surface area contributed by atoms with Gasteiger partial charge in [0.15, 0.2) is 0 Å². The number of aromatic nitrogens is 3. The van der Waals surface area contributed by atoms with Crippen molar-refractivity contribution in [2.24, 2.45) is 0 Å². The van der Waals surface area contributed by atoms with Gasteiger partial charge in [0.1, 0.15) is 19.2 Å². The van der Waals surface area contributed by atoms with Gasteiger partial charge in [-0.3, -0.25) is 4.79 Å². The minimum atomic E-state index is -0.124. The van der Waals surface area contributed by atoms with Gasteiger partial charge in [-0.1, -0.05) is 15.9 Å². The van der Waals surface area contributed by atoms with E-state index in [9.17, 15) is 4.79 Å². The molecule has 2 rings (SSSR count). The largest absolute Gasteiger partial charge is 0.324 e. The molecule has 88 valence electrons. The molecule has 1 aromatic carbocycles. The highest BCUT2D eigenvalue weighted by molar-refractivity contribution is 9.10. The molecule has 0 radical (unpaired) electrons. The van der Waals surface area contributed by atoms with Gasteiger partial charge in [-0.15, -0.1) is 0 Å². The number of halogens is 1. The number of hydrogen-bond donors (Lipinski definition) is 1. The maximum absolute atomic E-state index is 11.7. The Morgan fingerprint density at radius 2 is 2.35 bits per heavy atom. The SMILES string of the molecule is Cc1cc(Br)ccc1NC(=O)Cn1cncn1. The number of aryl methyl sites for hydroxylation is 1. The van der Waals surface area contributed by atoms with Gasteiger partial charge in [-0.05, 0) is 30.7 Å². The lowest BCUT2D eigenvalue weighted by molar-refractivity contribution is -0.116. The molecule has 0 spiro atoms. The topological polar surface area (TPSA) is 59.8 Å². The lowest BCUT2D eigenvalue weighted by Crippen LogP contribution is -2.19. The fourth-order valence-electron chi connectivity index (χ4n) is 1.42. The van der Waals surface area contributed by atoms with Crippen LogP contribution in [-0.2, 0) is 11.3 Å². The highest BCUT2D eigenvalue weighted by atomic mass is 79.9. The second-order valence-electron chi connectivity index (χ2n) is 3.60. The molecular weight excluding hydrogens is 284 g/mol. The van der Waals surface area contributed by atoms with Crippen LogP contribution in [0, 0.1) is 6.92 Å². The minimum absolute atomic E-state index is 0.124. The molecule has 1 aromatic heterocycles. The van der Waals surface area contributed by atoms with E-state index in [1.807, 2.05) is 25.1 Å². The Morgan fingerprint density at radius 1 is 1.53 bits per heavy atom. The Hall–Kier alpha value is -1.69. The van der Waals surface area contributed by atoms with E-state index < -0.39 is 0 Å². The van der Waals surface area contributed by atoms with E-state index in [4.69, 9.17) is 0 Å². The summed E-state index contributed by atoms with van der Waals surface area (Å²) in [5.41, 5.74) is 1.81. The van der Waals surface area contributed by atoms with Gasteiger partial charge >= 0.3 is 0 Å². The zero-order chi connectivity index (χ0) is 12.3. The molecule has 1 N–H and O–H groups in total. The molecule has 0 unspecified atom stereocenters. The van der Waals surface area contributed by atoms with Crippen molar-refractivity contribution in [1.82, 2.24) is 14.8 Å². The van der Waals surface area contributed by atoms with E-state index in [-0.39, 0.29) is 12.5 Å². The standard InChI is InChI=1S/C11H11BrN4O/c1-8-4-9(12)2-3-10(8)15-11(17)5-16-7-13-6-14-16/h2-4,6-7H,5H2,1H3,(H,15,17). The van der Waals surface area contributed by atoms with Crippen molar-refractivity contribution >= 4 is 27.5 Å². The van der Waals surface area contributed by atoms with E-state index in [0.717, 1.165) is 15.7 Å². The maximum Gasteiger partial charge on any atom is 0.246 e. The van der Waals surface area contributed by atoms with Gasteiger partial charge in [0, 0.05) is 10.2 Å². The van der Waals surface area contributed by atoms with Crippen molar-refractivity contribution in [3.05, 3.63) is 40.9 Å². The number of carbonyl (C=O) groups excluding carboxylic acids is 1. The van der Waals surface area contributed by atoms with Crippen molar-refractivity contribution in [3.63, 3.8) is 0 Å². The summed E-state index contributed by atoms with van der Waals surface area (Å²) in [6.45, 7) is 2.10. The first-order chi connectivity index (χ1) is 8.15. The van der Waals surface area contributed by atoms with Crippen LogP contribution in [0.1, 0.15) is 5.56 Å². The Morgan fingerprint density at radius 3 is 3.00 bits per heavy atom. The highest BCUT2D eigenvalue weighted by Gasteiger charge is 2.06. The number of rotatable bonds is 3. The van der Waals surface area contributed by atoms with Crippen molar-refractivity contribution in [3.8, 4) is 0 Å². The van der Waals surface area contributed by atoms with Crippen molar-refractivity contribution < 1.29 is 4.79 Å². The van der Waals surface area contributed by atoms with Crippen LogP contribution < -0.4 is 5.32 Å². The fourth-order valence-corrected chi connectivity index (χ4v) is 1.89. The zero-order valence-corrected chi connectivity index (χ0v) is 10.8. The average molecular weight is 295 g/mol. The van der Waals surface area contributed by atoms with Crippen LogP contribution in [0.4, 0.5) is 5.69 Å². The van der Waals surface area contributed by atoms with Crippen LogP contribution in [0.15, 0.2) is 35.3 Å². The van der Waals surface area contributed by atoms with Gasteiger partial charge in [0.25, 0.3) is 0 Å². The molecular formula is C11H11BrN4O. The fraction of sp³-hybridized carbons (Fsp3) is 0.182. The van der Waals surface area contributed by atoms with Crippen LogP contribution in [0.25, 0.3) is 0 Å². The van der Waals surface area contributed by atoms with Crippen LogP contribution in [0.5, 0.6) is 0 Å². The molecule has 0 aliphatic rings. The van der Waals surface area contributed by atoms with Crippen LogP contribution in [0.2, 0.25) is 0 Å². The third kappa shape index (κ3) is 3.13. The van der Waals surface area contributed by atoms with E-state index in [0.29, 0.717) is 0 Å². The van der Waals surface area contributed by atoms with E-state index >= 15 is 0 Å². The van der Waals surface area contributed by atoms with Gasteiger partial charge in [-0.2, -0.15) is 5.10 Å². The van der Waals surface area contributed by atoms with Crippen molar-refractivity contribution in [2.75, 3.05) is 5.32 Å². The highest BCUT2D eigenvalue weighted by Crippen LogP contribution is 2.19. The van der Waals surface area contributed by atoms with Gasteiger partial charge in [-0.25, -0.2) is 9.67 Å². The van der Waals surface area contributed by atoms with E-state index in [1.165, 1.54) is 17.3 Å². The zero-order valence-electron chi connectivity index (χ0n) is 9.22. The van der Waals surface area contributed by atoms with Gasteiger partial charge in [0.2, 0.25) is 5.91 Å². The quantitative estimate of drug-likeness (QED) is 0.942. The number of nitrogens with zero attached hydrogens (tertiary/aromatic N) is 3. The summed E-state index contributed by atoms with van der Waals surface area (Å²) in [6.07, 6.45) is 2.91. The number of carbonyl (C=O) groups is 1. The number of hydrogen-bond acceptors (Lipinski definition) is 3. The van der Waals surface area contributed by atoms with Crippen LogP contribution in [0.3, 0.4) is 0 Å². The molecule has 1 heterocycles. The van der Waals surface area contributed by atoms with Gasteiger partial charge in [0.05, 0.1) is 0 Å². The Kier molecular flexibility index (Phi) is 3.53. The Bertz CT molecular complexity index is 524.